The lowest BCUT2D eigenvalue weighted by Gasteiger charge is -2.16. The van der Waals surface area contributed by atoms with Crippen LogP contribution in [0.2, 0.25) is 10.0 Å². The number of halogens is 2. The highest BCUT2D eigenvalue weighted by atomic mass is 35.5. The van der Waals surface area contributed by atoms with E-state index in [1.807, 2.05) is 18.2 Å². The minimum Gasteiger partial charge on any atom is -0.452 e. The van der Waals surface area contributed by atoms with Gasteiger partial charge in [-0.15, -0.1) is 0 Å². The van der Waals surface area contributed by atoms with E-state index in [2.05, 4.69) is 14.9 Å². The highest BCUT2D eigenvalue weighted by Crippen LogP contribution is 2.33. The number of para-hydroxylation sites is 2. The predicted octanol–water partition coefficient (Wildman–Crippen LogP) is 2.47. The van der Waals surface area contributed by atoms with Gasteiger partial charge in [0.1, 0.15) is 0 Å². The fourth-order valence-electron chi connectivity index (χ4n) is 2.45. The third-order valence-corrected chi connectivity index (χ3v) is 5.06. The Morgan fingerprint density at radius 3 is 2.43 bits per heavy atom. The van der Waals surface area contributed by atoms with E-state index in [1.165, 1.54) is 0 Å². The maximum absolute atomic E-state index is 12.3. The lowest BCUT2D eigenvalue weighted by Crippen LogP contribution is -2.39. The highest BCUT2D eigenvalue weighted by molar-refractivity contribution is 6.39. The Kier molecular flexibility index (Phi) is 9.10. The molecular formula is C19H22AlCl2N3O3. The zero-order valence-corrected chi connectivity index (χ0v) is 19.2. The van der Waals surface area contributed by atoms with E-state index < -0.39 is 12.1 Å². The number of ether oxygens (including phenoxy) is 1. The molecule has 0 aromatic heterocycles. The molecule has 9 heteroatoms. The quantitative estimate of drug-likeness (QED) is 0.319. The van der Waals surface area contributed by atoms with Crippen LogP contribution in [0.15, 0.2) is 42.5 Å². The molecule has 148 valence electrons. The van der Waals surface area contributed by atoms with Crippen molar-refractivity contribution in [3.63, 3.8) is 0 Å². The van der Waals surface area contributed by atoms with Gasteiger partial charge in [-0.05, 0) is 37.2 Å². The van der Waals surface area contributed by atoms with Gasteiger partial charge in [0.15, 0.2) is 6.10 Å². The molecule has 0 spiro atoms. The van der Waals surface area contributed by atoms with Crippen molar-refractivity contribution < 1.29 is 14.3 Å². The Labute approximate surface area is 182 Å². The van der Waals surface area contributed by atoms with Crippen LogP contribution in [-0.4, -0.2) is 47.6 Å². The van der Waals surface area contributed by atoms with Gasteiger partial charge in [0.05, 0.1) is 22.2 Å². The number of nitrogens with one attached hydrogen (secondary N) is 3. The Morgan fingerprint density at radius 2 is 1.75 bits per heavy atom. The van der Waals surface area contributed by atoms with Crippen molar-refractivity contribution in [1.29, 1.82) is 0 Å². The summed E-state index contributed by atoms with van der Waals surface area (Å²) in [5.41, 5.74) is 1.95. The first-order chi connectivity index (χ1) is 13.4. The van der Waals surface area contributed by atoms with Gasteiger partial charge in [0, 0.05) is 12.2 Å². The van der Waals surface area contributed by atoms with E-state index in [0.717, 1.165) is 16.5 Å². The molecule has 0 saturated carbocycles. The molecule has 2 aromatic carbocycles. The number of carbonyl (C=O) groups is 2. The standard InChI is InChI=1S/C19H20Cl2N3O3.Al.2H/c1-12(19(26)23-10-9-22)27-17(25)11-13-5-2-3-8-16(13)24-18-14(20)6-4-7-15(18)21;;;/h2-8,12,22,24H,9-11H2,1H3,(H,23,26);;;/q-1;+1;;. The van der Waals surface area contributed by atoms with Gasteiger partial charge in [-0.1, -0.05) is 47.5 Å². The van der Waals surface area contributed by atoms with Crippen LogP contribution >= 0.6 is 23.2 Å². The SMILES string of the molecule is CC(OC(=O)Cc1ccccc1Nc1c(Cl)cccc1Cl)C(=O)NCC[NH][AlH2]. The van der Waals surface area contributed by atoms with Gasteiger partial charge in [0.25, 0.3) is 5.91 Å². The molecule has 0 heterocycles. The molecule has 0 aliphatic rings. The number of anilines is 2. The van der Waals surface area contributed by atoms with Gasteiger partial charge in [-0.3, -0.25) is 9.59 Å². The average Bonchev–Trinajstić information content (AvgIpc) is 2.66. The van der Waals surface area contributed by atoms with Gasteiger partial charge < -0.3 is 19.7 Å². The minimum atomic E-state index is -0.861. The lowest BCUT2D eigenvalue weighted by atomic mass is 10.1. The van der Waals surface area contributed by atoms with Crippen LogP contribution in [0.4, 0.5) is 11.4 Å². The van der Waals surface area contributed by atoms with Crippen LogP contribution in [-0.2, 0) is 20.7 Å². The summed E-state index contributed by atoms with van der Waals surface area (Å²) >= 11 is 13.3. The van der Waals surface area contributed by atoms with E-state index >= 15 is 0 Å². The first kappa shape index (κ1) is 22.5. The third-order valence-electron chi connectivity index (χ3n) is 3.93. The maximum atomic E-state index is 12.3. The molecule has 3 N–H and O–H groups in total. The second kappa shape index (κ2) is 11.3. The zero-order valence-electron chi connectivity index (χ0n) is 15.7. The van der Waals surface area contributed by atoms with Gasteiger partial charge >= 0.3 is 22.5 Å². The number of hydrogen-bond acceptors (Lipinski definition) is 5. The van der Waals surface area contributed by atoms with Crippen molar-refractivity contribution in [3.8, 4) is 0 Å². The third kappa shape index (κ3) is 6.70. The topological polar surface area (TPSA) is 79.5 Å². The molecular weight excluding hydrogens is 416 g/mol. The van der Waals surface area contributed by atoms with Crippen molar-refractivity contribution in [1.82, 2.24) is 9.62 Å². The van der Waals surface area contributed by atoms with Crippen LogP contribution in [0.5, 0.6) is 0 Å². The van der Waals surface area contributed by atoms with Gasteiger partial charge in [0.2, 0.25) is 0 Å². The monoisotopic (exact) mass is 437 g/mol. The molecule has 0 radical (unpaired) electrons. The largest absolute Gasteiger partial charge is 0.452 e. The molecule has 0 fully saturated rings. The van der Waals surface area contributed by atoms with Crippen LogP contribution in [0.25, 0.3) is 0 Å². The fourth-order valence-corrected chi connectivity index (χ4v) is 3.19. The summed E-state index contributed by atoms with van der Waals surface area (Å²) in [5, 5.41) is 6.82. The molecule has 0 saturated heterocycles. The minimum absolute atomic E-state index is 0.00494. The normalized spacial score (nSPS) is 11.5. The molecule has 1 amide bonds. The Balaban J connectivity index is 2.02. The summed E-state index contributed by atoms with van der Waals surface area (Å²) < 4.78 is 8.32. The first-order valence-electron chi connectivity index (χ1n) is 8.83. The van der Waals surface area contributed by atoms with Gasteiger partial charge in [-0.2, -0.15) is 0 Å². The zero-order chi connectivity index (χ0) is 20.5. The van der Waals surface area contributed by atoms with Crippen LogP contribution < -0.4 is 14.9 Å². The summed E-state index contributed by atoms with van der Waals surface area (Å²) in [4.78, 5) is 24.2. The number of benzene rings is 2. The number of carbonyl (C=O) groups excluding carboxylic acids is 2. The summed E-state index contributed by atoms with van der Waals surface area (Å²) in [6, 6.07) is 12.5. The van der Waals surface area contributed by atoms with Crippen LogP contribution in [0.3, 0.4) is 0 Å². The van der Waals surface area contributed by atoms with Crippen LogP contribution in [0, 0.1) is 0 Å². The lowest BCUT2D eigenvalue weighted by molar-refractivity contribution is -0.154. The molecule has 0 bridgehead atoms. The number of rotatable bonds is 9. The maximum Gasteiger partial charge on any atom is 0.318 e. The first-order valence-corrected chi connectivity index (χ1v) is 10.6. The number of esters is 1. The summed E-state index contributed by atoms with van der Waals surface area (Å²) in [5.74, 6) is -0.817. The smallest absolute Gasteiger partial charge is 0.318 e. The second-order valence-electron chi connectivity index (χ2n) is 6.08. The molecule has 2 aromatic rings. The molecule has 1 unspecified atom stereocenters. The van der Waals surface area contributed by atoms with E-state index in [4.69, 9.17) is 27.9 Å². The predicted molar refractivity (Wildman–Crippen MR) is 115 cm³/mol. The van der Waals surface area contributed by atoms with Crippen molar-refractivity contribution in [2.45, 2.75) is 19.4 Å². The van der Waals surface area contributed by atoms with E-state index in [1.54, 1.807) is 31.2 Å². The Morgan fingerprint density at radius 1 is 1.07 bits per heavy atom. The van der Waals surface area contributed by atoms with Crippen molar-refractivity contribution in [2.24, 2.45) is 0 Å². The summed E-state index contributed by atoms with van der Waals surface area (Å²) in [6.07, 6.45) is -0.856. The van der Waals surface area contributed by atoms with Crippen molar-refractivity contribution >= 4 is 63.0 Å². The summed E-state index contributed by atoms with van der Waals surface area (Å²) in [7, 11) is 0. The second-order valence-corrected chi connectivity index (χ2v) is 7.60. The number of amides is 1. The molecule has 0 aliphatic heterocycles. The van der Waals surface area contributed by atoms with Crippen molar-refractivity contribution in [3.05, 3.63) is 58.1 Å². The van der Waals surface area contributed by atoms with Crippen molar-refractivity contribution in [2.75, 3.05) is 18.4 Å². The highest BCUT2D eigenvalue weighted by Gasteiger charge is 2.18. The number of hydrogen-bond donors (Lipinski definition) is 3. The summed E-state index contributed by atoms with van der Waals surface area (Å²) in [6.45, 7) is 2.74. The Hall–Kier alpha value is -1.75. The van der Waals surface area contributed by atoms with E-state index in [9.17, 15) is 9.59 Å². The van der Waals surface area contributed by atoms with E-state index in [0.29, 0.717) is 40.1 Å². The van der Waals surface area contributed by atoms with Crippen LogP contribution in [0.1, 0.15) is 12.5 Å². The average molecular weight is 438 g/mol. The van der Waals surface area contributed by atoms with E-state index in [-0.39, 0.29) is 12.3 Å². The molecule has 6 nitrogen and oxygen atoms in total. The fraction of sp³-hybridized carbons (Fsp3) is 0.263. The molecule has 1 atom stereocenters. The molecule has 28 heavy (non-hydrogen) atoms. The molecule has 2 rings (SSSR count). The molecule has 0 aliphatic carbocycles. The Bertz CT molecular complexity index is 816. The van der Waals surface area contributed by atoms with Gasteiger partial charge in [-0.25, -0.2) is 0 Å².